The molecule has 188 valence electrons. The van der Waals surface area contributed by atoms with Crippen molar-refractivity contribution in [1.29, 1.82) is 0 Å². The van der Waals surface area contributed by atoms with Crippen molar-refractivity contribution < 1.29 is 18.0 Å². The van der Waals surface area contributed by atoms with Gasteiger partial charge in [-0.25, -0.2) is 9.98 Å². The fourth-order valence-electron chi connectivity index (χ4n) is 5.26. The second kappa shape index (κ2) is 9.76. The van der Waals surface area contributed by atoms with Crippen LogP contribution in [-0.4, -0.2) is 17.1 Å². The summed E-state index contributed by atoms with van der Waals surface area (Å²) in [5, 5.41) is 0.664. The predicted molar refractivity (Wildman–Crippen MR) is 140 cm³/mol. The first-order chi connectivity index (χ1) is 17.2. The molecular weight excluding hydrogens is 485 g/mol. The van der Waals surface area contributed by atoms with Crippen molar-refractivity contribution in [2.75, 3.05) is 10.5 Å². The number of nitrogens with two attached hydrogens (primary N) is 1. The topological polar surface area (TPSA) is 80.4 Å². The first kappa shape index (κ1) is 24.6. The molecule has 0 atom stereocenters. The molecule has 0 aliphatic heterocycles. The van der Waals surface area contributed by atoms with Gasteiger partial charge in [0.1, 0.15) is 5.69 Å². The largest absolute Gasteiger partial charge is 0.433 e. The van der Waals surface area contributed by atoms with E-state index in [2.05, 4.69) is 27.5 Å². The number of alkyl halides is 3. The van der Waals surface area contributed by atoms with E-state index in [0.717, 1.165) is 55.8 Å². The highest BCUT2D eigenvalue weighted by atomic mass is 32.1. The Morgan fingerprint density at radius 2 is 1.78 bits per heavy atom. The number of benzene rings is 2. The summed E-state index contributed by atoms with van der Waals surface area (Å²) >= 11 is 4.01. The lowest BCUT2D eigenvalue weighted by molar-refractivity contribution is -0.140. The number of aromatic nitrogens is 1. The van der Waals surface area contributed by atoms with Gasteiger partial charge in [0.05, 0.1) is 5.52 Å². The van der Waals surface area contributed by atoms with E-state index in [0.29, 0.717) is 22.4 Å². The molecule has 3 N–H and O–H groups in total. The van der Waals surface area contributed by atoms with Crippen molar-refractivity contribution in [3.8, 4) is 0 Å². The molecule has 2 saturated carbocycles. The average Bonchev–Trinajstić information content (AvgIpc) is 3.72. The molecule has 5 rings (SSSR count). The molecular formula is C27H27F3N4OS. The van der Waals surface area contributed by atoms with Crippen molar-refractivity contribution >= 4 is 47.2 Å². The lowest BCUT2D eigenvalue weighted by Gasteiger charge is -2.29. The van der Waals surface area contributed by atoms with Gasteiger partial charge in [-0.05, 0) is 97.7 Å². The third-order valence-corrected chi connectivity index (χ3v) is 7.47. The summed E-state index contributed by atoms with van der Waals surface area (Å²) in [6.45, 7) is 0. The number of carbonyl (C=O) groups is 1. The van der Waals surface area contributed by atoms with Gasteiger partial charge < -0.3 is 10.5 Å². The number of pyridine rings is 1. The first-order valence-corrected chi connectivity index (χ1v) is 12.6. The van der Waals surface area contributed by atoms with Crippen LogP contribution in [0.5, 0.6) is 0 Å². The van der Waals surface area contributed by atoms with Crippen LogP contribution in [0.3, 0.4) is 0 Å². The van der Waals surface area contributed by atoms with Crippen molar-refractivity contribution in [1.82, 2.24) is 4.98 Å². The fraction of sp³-hybridized carbons (Fsp3) is 0.370. The molecule has 0 radical (unpaired) electrons. The number of anilines is 2. The van der Waals surface area contributed by atoms with Crippen LogP contribution in [0.25, 0.3) is 10.9 Å². The van der Waals surface area contributed by atoms with E-state index in [1.807, 2.05) is 12.1 Å². The summed E-state index contributed by atoms with van der Waals surface area (Å²) in [5.74, 6) is 0.490. The van der Waals surface area contributed by atoms with Gasteiger partial charge in [0.15, 0.2) is 0 Å². The summed E-state index contributed by atoms with van der Waals surface area (Å²) in [4.78, 5) is 20.6. The normalized spacial score (nSPS) is 20.7. The van der Waals surface area contributed by atoms with Crippen molar-refractivity contribution in [3.05, 3.63) is 64.8 Å². The van der Waals surface area contributed by atoms with Gasteiger partial charge in [0, 0.05) is 28.5 Å². The Balaban J connectivity index is 1.37. The molecule has 2 fully saturated rings. The highest BCUT2D eigenvalue weighted by molar-refractivity contribution is 7.81. The molecule has 9 heteroatoms. The summed E-state index contributed by atoms with van der Waals surface area (Å²) < 4.78 is 42.7. The minimum atomic E-state index is -4.54. The lowest BCUT2D eigenvalue weighted by atomic mass is 9.76. The standard InChI is InChI=1S/C27H27F3N4OS/c28-27(29,30)23-13-21(31)25-22(33-23)11-10-20(16-8-9-16)24(25)17-6-4-15(5-7-17)14-32-26(35)18-2-1-3-19(12-18)34-36/h1-3,10-17,34,36H,4-9H2,(H2,31,33). The third kappa shape index (κ3) is 5.07. The van der Waals surface area contributed by atoms with Crippen LogP contribution in [0.4, 0.5) is 24.5 Å². The first-order valence-electron chi connectivity index (χ1n) is 12.1. The lowest BCUT2D eigenvalue weighted by Crippen LogP contribution is -2.17. The van der Waals surface area contributed by atoms with Gasteiger partial charge >= 0.3 is 6.18 Å². The third-order valence-electron chi connectivity index (χ3n) is 7.21. The molecule has 0 bridgehead atoms. The van der Waals surface area contributed by atoms with Crippen LogP contribution >= 0.6 is 12.8 Å². The number of nitrogen functional groups attached to an aromatic ring is 1. The van der Waals surface area contributed by atoms with E-state index in [1.54, 1.807) is 30.5 Å². The Bertz CT molecular complexity index is 1330. The zero-order chi connectivity index (χ0) is 25.4. The maximum absolute atomic E-state index is 13.3. The minimum absolute atomic E-state index is 0.136. The highest BCUT2D eigenvalue weighted by Crippen LogP contribution is 2.49. The Morgan fingerprint density at radius 3 is 2.44 bits per heavy atom. The number of nitrogens with one attached hydrogen (secondary N) is 1. The van der Waals surface area contributed by atoms with Gasteiger partial charge in [-0.1, -0.05) is 24.9 Å². The van der Waals surface area contributed by atoms with Crippen molar-refractivity contribution in [2.24, 2.45) is 10.9 Å². The monoisotopic (exact) mass is 512 g/mol. The number of fused-ring (bicyclic) bond motifs is 1. The van der Waals surface area contributed by atoms with Gasteiger partial charge in [0.2, 0.25) is 0 Å². The van der Waals surface area contributed by atoms with Gasteiger partial charge in [-0.3, -0.25) is 4.79 Å². The Kier molecular flexibility index (Phi) is 6.68. The molecule has 0 spiro atoms. The summed E-state index contributed by atoms with van der Waals surface area (Å²) in [5.41, 5.74) is 9.17. The van der Waals surface area contributed by atoms with Crippen LogP contribution in [0, 0.1) is 5.92 Å². The second-order valence-electron chi connectivity index (χ2n) is 9.72. The van der Waals surface area contributed by atoms with E-state index < -0.39 is 11.9 Å². The Hall–Kier alpha value is -3.07. The number of nitrogens with zero attached hydrogens (tertiary/aromatic N) is 2. The molecule has 3 aromatic rings. The molecule has 0 unspecified atom stereocenters. The number of amides is 1. The van der Waals surface area contributed by atoms with E-state index in [9.17, 15) is 18.0 Å². The molecule has 2 aliphatic rings. The molecule has 1 heterocycles. The smallest absolute Gasteiger partial charge is 0.398 e. The van der Waals surface area contributed by atoms with Crippen LogP contribution in [0.15, 0.2) is 47.5 Å². The van der Waals surface area contributed by atoms with E-state index >= 15 is 0 Å². The van der Waals surface area contributed by atoms with Gasteiger partial charge in [-0.15, -0.1) is 0 Å². The molecule has 5 nitrogen and oxygen atoms in total. The van der Waals surface area contributed by atoms with Gasteiger partial charge in [-0.2, -0.15) is 13.2 Å². The summed E-state index contributed by atoms with van der Waals surface area (Å²) in [6.07, 6.45) is 2.75. The molecule has 1 aromatic heterocycles. The molecule has 2 aromatic carbocycles. The molecule has 1 amide bonds. The maximum atomic E-state index is 13.3. The zero-order valence-corrected chi connectivity index (χ0v) is 20.4. The Labute approximate surface area is 212 Å². The number of hydrogen-bond acceptors (Lipinski definition) is 5. The maximum Gasteiger partial charge on any atom is 0.433 e. The fourth-order valence-corrected chi connectivity index (χ4v) is 5.40. The highest BCUT2D eigenvalue weighted by Gasteiger charge is 2.36. The van der Waals surface area contributed by atoms with Gasteiger partial charge in [0.25, 0.3) is 5.91 Å². The summed E-state index contributed by atoms with van der Waals surface area (Å²) in [6, 6.07) is 11.6. The number of aliphatic imine (C=N–C) groups is 1. The van der Waals surface area contributed by atoms with Crippen LogP contribution in [0.1, 0.15) is 77.5 Å². The van der Waals surface area contributed by atoms with E-state index in [-0.39, 0.29) is 23.4 Å². The van der Waals surface area contributed by atoms with Crippen molar-refractivity contribution in [3.63, 3.8) is 0 Å². The van der Waals surface area contributed by atoms with Crippen LogP contribution < -0.4 is 10.5 Å². The van der Waals surface area contributed by atoms with E-state index in [1.165, 1.54) is 5.56 Å². The number of thiol groups is 1. The number of hydrogen-bond donors (Lipinski definition) is 3. The summed E-state index contributed by atoms with van der Waals surface area (Å²) in [7, 11) is 0. The van der Waals surface area contributed by atoms with Crippen LogP contribution in [-0.2, 0) is 6.18 Å². The number of carbonyl (C=O) groups excluding carboxylic acids is 1. The second-order valence-corrected chi connectivity index (χ2v) is 9.94. The molecule has 0 saturated heterocycles. The van der Waals surface area contributed by atoms with Crippen LogP contribution in [0.2, 0.25) is 0 Å². The average molecular weight is 513 g/mol. The van der Waals surface area contributed by atoms with Crippen molar-refractivity contribution in [2.45, 2.75) is 56.5 Å². The predicted octanol–water partition coefficient (Wildman–Crippen LogP) is 7.15. The number of rotatable bonds is 5. The molecule has 2 aliphatic carbocycles. The number of halogens is 3. The molecule has 36 heavy (non-hydrogen) atoms. The SMILES string of the molecule is Nc1cc(C(F)(F)F)nc2ccc(C3CC3)c(C3CCC(C=NC(=O)c4cccc(NS)c4)CC3)c12. The van der Waals surface area contributed by atoms with E-state index in [4.69, 9.17) is 5.73 Å². The minimum Gasteiger partial charge on any atom is -0.398 e. The zero-order valence-electron chi connectivity index (χ0n) is 19.6. The quantitative estimate of drug-likeness (QED) is 0.250. The Morgan fingerprint density at radius 1 is 1.06 bits per heavy atom.